The van der Waals surface area contributed by atoms with Crippen LogP contribution in [0.1, 0.15) is 65.2 Å². The van der Waals surface area contributed by atoms with Crippen molar-refractivity contribution in [3.63, 3.8) is 0 Å². The Kier molecular flexibility index (Phi) is 6.20. The van der Waals surface area contributed by atoms with Gasteiger partial charge in [0.15, 0.2) is 0 Å². The van der Waals surface area contributed by atoms with Gasteiger partial charge in [0.2, 0.25) is 0 Å². The van der Waals surface area contributed by atoms with Gasteiger partial charge in [-0.25, -0.2) is 9.78 Å². The third kappa shape index (κ3) is 4.43. The van der Waals surface area contributed by atoms with E-state index in [9.17, 15) is 0 Å². The normalized spacial score (nSPS) is 27.0. The predicted molar refractivity (Wildman–Crippen MR) is 58.0 cm³/mol. The molecule has 0 aromatic rings. The second kappa shape index (κ2) is 7.24. The van der Waals surface area contributed by atoms with Crippen LogP contribution in [0.5, 0.6) is 0 Å². The number of hydrogen-bond donors (Lipinski definition) is 0. The first-order chi connectivity index (χ1) is 6.86. The van der Waals surface area contributed by atoms with Gasteiger partial charge in [0.1, 0.15) is 0 Å². The molecule has 2 heteroatoms. The summed E-state index contributed by atoms with van der Waals surface area (Å²) in [7, 11) is 0. The number of unbranched alkanes of at least 4 members (excludes halogenated alkanes) is 3. The van der Waals surface area contributed by atoms with E-state index >= 15 is 0 Å². The molecule has 0 aliphatic carbocycles. The van der Waals surface area contributed by atoms with Crippen LogP contribution in [0.25, 0.3) is 0 Å². The lowest BCUT2D eigenvalue weighted by Crippen LogP contribution is -2.06. The fourth-order valence-electron chi connectivity index (χ4n) is 1.98. The van der Waals surface area contributed by atoms with Crippen LogP contribution in [0.2, 0.25) is 0 Å². The third-order valence-corrected chi connectivity index (χ3v) is 2.84. The molecule has 2 atom stereocenters. The Labute approximate surface area is 87.9 Å². The molecule has 0 spiro atoms. The molecule has 1 fully saturated rings. The van der Waals surface area contributed by atoms with Gasteiger partial charge in [-0.15, -0.1) is 0 Å². The lowest BCUT2D eigenvalue weighted by atomic mass is 10.0. The zero-order valence-corrected chi connectivity index (χ0v) is 9.63. The van der Waals surface area contributed by atoms with Gasteiger partial charge in [0, 0.05) is 6.42 Å². The molecule has 2 nitrogen and oxygen atoms in total. The van der Waals surface area contributed by atoms with Crippen LogP contribution in [0, 0.1) is 0 Å². The van der Waals surface area contributed by atoms with Gasteiger partial charge >= 0.3 is 0 Å². The molecule has 14 heavy (non-hydrogen) atoms. The van der Waals surface area contributed by atoms with Gasteiger partial charge < -0.3 is 0 Å². The summed E-state index contributed by atoms with van der Waals surface area (Å²) in [4.78, 5) is 10.6. The molecule has 0 aromatic heterocycles. The maximum Gasteiger partial charge on any atom is 0.0956 e. The molecule has 0 radical (unpaired) electrons. The average molecular weight is 200 g/mol. The fourth-order valence-corrected chi connectivity index (χ4v) is 1.98. The third-order valence-electron chi connectivity index (χ3n) is 2.84. The molecule has 1 aliphatic heterocycles. The monoisotopic (exact) mass is 200 g/mol. The smallest absolute Gasteiger partial charge is 0.0956 e. The van der Waals surface area contributed by atoms with Crippen LogP contribution in [-0.4, -0.2) is 12.2 Å². The molecule has 2 unspecified atom stereocenters. The molecular formula is C12H24O2. The minimum absolute atomic E-state index is 0.371. The second-order valence-electron chi connectivity index (χ2n) is 4.31. The van der Waals surface area contributed by atoms with Crippen LogP contribution >= 0.6 is 0 Å². The van der Waals surface area contributed by atoms with Gasteiger partial charge in [0.05, 0.1) is 12.2 Å². The number of hydrogen-bond acceptors (Lipinski definition) is 2. The summed E-state index contributed by atoms with van der Waals surface area (Å²) in [6, 6.07) is 0. The van der Waals surface area contributed by atoms with E-state index in [-0.39, 0.29) is 0 Å². The molecule has 0 N–H and O–H groups in total. The Morgan fingerprint density at radius 1 is 0.857 bits per heavy atom. The van der Waals surface area contributed by atoms with Crippen LogP contribution in [0.4, 0.5) is 0 Å². The van der Waals surface area contributed by atoms with Crippen molar-refractivity contribution in [1.29, 1.82) is 0 Å². The highest BCUT2D eigenvalue weighted by molar-refractivity contribution is 4.69. The average Bonchev–Trinajstić information content (AvgIpc) is 2.61. The summed E-state index contributed by atoms with van der Waals surface area (Å²) in [6.45, 7) is 4.43. The molecular weight excluding hydrogens is 176 g/mol. The summed E-state index contributed by atoms with van der Waals surface area (Å²) in [5, 5.41) is 0. The van der Waals surface area contributed by atoms with E-state index in [1.165, 1.54) is 38.5 Å². The van der Waals surface area contributed by atoms with Gasteiger partial charge in [-0.05, 0) is 12.8 Å². The molecule has 0 bridgehead atoms. The summed E-state index contributed by atoms with van der Waals surface area (Å²) in [5.74, 6) is 0. The second-order valence-corrected chi connectivity index (χ2v) is 4.31. The summed E-state index contributed by atoms with van der Waals surface area (Å²) < 4.78 is 0. The quantitative estimate of drug-likeness (QED) is 0.459. The fraction of sp³-hybridized carbons (Fsp3) is 1.00. The Bertz CT molecular complexity index is 136. The molecule has 0 aromatic carbocycles. The van der Waals surface area contributed by atoms with Crippen LogP contribution < -0.4 is 0 Å². The lowest BCUT2D eigenvalue weighted by Gasteiger charge is -2.05. The zero-order valence-electron chi connectivity index (χ0n) is 9.63. The van der Waals surface area contributed by atoms with Crippen molar-refractivity contribution in [2.24, 2.45) is 0 Å². The predicted octanol–water partition coefficient (Wildman–Crippen LogP) is 3.85. The van der Waals surface area contributed by atoms with Gasteiger partial charge in [0.25, 0.3) is 0 Å². The first kappa shape index (κ1) is 12.0. The molecule has 1 saturated heterocycles. The largest absolute Gasteiger partial charge is 0.233 e. The van der Waals surface area contributed by atoms with Crippen LogP contribution in [0.15, 0.2) is 0 Å². The Morgan fingerprint density at radius 3 is 2.21 bits per heavy atom. The minimum atomic E-state index is 0.371. The summed E-state index contributed by atoms with van der Waals surface area (Å²) >= 11 is 0. The molecule has 84 valence electrons. The lowest BCUT2D eigenvalue weighted by molar-refractivity contribution is -0.297. The Balaban J connectivity index is 1.98. The number of rotatable bonds is 7. The Morgan fingerprint density at radius 2 is 1.57 bits per heavy atom. The van der Waals surface area contributed by atoms with E-state index in [0.717, 1.165) is 12.8 Å². The van der Waals surface area contributed by atoms with E-state index in [2.05, 4.69) is 13.8 Å². The van der Waals surface area contributed by atoms with Gasteiger partial charge in [-0.1, -0.05) is 46.0 Å². The molecule has 1 heterocycles. The maximum atomic E-state index is 5.30. The van der Waals surface area contributed by atoms with Crippen LogP contribution in [0.3, 0.4) is 0 Å². The van der Waals surface area contributed by atoms with Crippen LogP contribution in [-0.2, 0) is 9.78 Å². The topological polar surface area (TPSA) is 18.5 Å². The first-order valence-electron chi connectivity index (χ1n) is 6.19. The van der Waals surface area contributed by atoms with E-state index in [1.54, 1.807) is 0 Å². The molecule has 0 amide bonds. The maximum absolute atomic E-state index is 5.30. The van der Waals surface area contributed by atoms with E-state index in [0.29, 0.717) is 12.2 Å². The van der Waals surface area contributed by atoms with Crippen molar-refractivity contribution in [3.8, 4) is 0 Å². The zero-order chi connectivity index (χ0) is 10.2. The van der Waals surface area contributed by atoms with Gasteiger partial charge in [-0.3, -0.25) is 0 Å². The van der Waals surface area contributed by atoms with E-state index in [4.69, 9.17) is 9.78 Å². The minimum Gasteiger partial charge on any atom is -0.233 e. The van der Waals surface area contributed by atoms with E-state index in [1.807, 2.05) is 0 Å². The van der Waals surface area contributed by atoms with Crippen molar-refractivity contribution in [3.05, 3.63) is 0 Å². The Hall–Kier alpha value is -0.0800. The SMILES string of the molecule is CCCCCCC1CC(CCC)OO1. The standard InChI is InChI=1S/C12H24O2/c1-3-5-6-7-9-12-10-11(8-4-2)13-14-12/h11-12H,3-10H2,1-2H3. The molecule has 0 saturated carbocycles. The molecule has 1 aliphatic rings. The molecule has 1 rings (SSSR count). The first-order valence-corrected chi connectivity index (χ1v) is 6.19. The van der Waals surface area contributed by atoms with Crippen molar-refractivity contribution in [2.45, 2.75) is 77.4 Å². The van der Waals surface area contributed by atoms with Crippen molar-refractivity contribution >= 4 is 0 Å². The highest BCUT2D eigenvalue weighted by Crippen LogP contribution is 2.24. The van der Waals surface area contributed by atoms with Gasteiger partial charge in [-0.2, -0.15) is 0 Å². The van der Waals surface area contributed by atoms with Crippen molar-refractivity contribution in [1.82, 2.24) is 0 Å². The highest BCUT2D eigenvalue weighted by atomic mass is 17.2. The highest BCUT2D eigenvalue weighted by Gasteiger charge is 2.25. The van der Waals surface area contributed by atoms with E-state index < -0.39 is 0 Å². The van der Waals surface area contributed by atoms with Crippen molar-refractivity contribution < 1.29 is 9.78 Å². The summed E-state index contributed by atoms with van der Waals surface area (Å²) in [6.07, 6.45) is 10.7. The van der Waals surface area contributed by atoms with Crippen molar-refractivity contribution in [2.75, 3.05) is 0 Å². The summed E-state index contributed by atoms with van der Waals surface area (Å²) in [5.41, 5.74) is 0.